The Morgan fingerprint density at radius 2 is 1.90 bits per heavy atom. The van der Waals surface area contributed by atoms with Gasteiger partial charge in [-0.2, -0.15) is 0 Å². The van der Waals surface area contributed by atoms with E-state index >= 15 is 0 Å². The lowest BCUT2D eigenvalue weighted by molar-refractivity contribution is 0.0953. The summed E-state index contributed by atoms with van der Waals surface area (Å²) in [6, 6.07) is 15.7. The maximum Gasteiger partial charge on any atom is 0.251 e. The number of para-hydroxylation sites is 1. The molecule has 3 nitrogen and oxygen atoms in total. The Balaban J connectivity index is 1.61. The largest absolute Gasteiger partial charge is 0.352 e. The van der Waals surface area contributed by atoms with Crippen LogP contribution in [0.3, 0.4) is 0 Å². The van der Waals surface area contributed by atoms with Crippen molar-refractivity contribution in [2.24, 2.45) is 0 Å². The molecule has 0 saturated carbocycles. The van der Waals surface area contributed by atoms with Crippen molar-refractivity contribution in [2.75, 3.05) is 6.54 Å². The average Bonchev–Trinajstić information content (AvgIpc) is 2.90. The molecule has 3 rings (SSSR count). The summed E-state index contributed by atoms with van der Waals surface area (Å²) in [6.07, 6.45) is 0.761. The maximum absolute atomic E-state index is 12.1. The van der Waals surface area contributed by atoms with Gasteiger partial charge in [-0.1, -0.05) is 30.3 Å². The number of nitrogens with one attached hydrogen (secondary N) is 1. The van der Waals surface area contributed by atoms with Crippen molar-refractivity contribution in [2.45, 2.75) is 13.3 Å². The fraction of sp³-hybridized carbons (Fsp3) is 0.176. The van der Waals surface area contributed by atoms with Gasteiger partial charge in [0, 0.05) is 18.5 Å². The topological polar surface area (TPSA) is 42.0 Å². The van der Waals surface area contributed by atoms with Crippen LogP contribution < -0.4 is 5.32 Å². The van der Waals surface area contributed by atoms with Gasteiger partial charge in [-0.25, -0.2) is 4.98 Å². The number of hydrogen-bond donors (Lipinski definition) is 1. The number of nitrogens with zero attached hydrogens (tertiary/aromatic N) is 1. The van der Waals surface area contributed by atoms with Crippen LogP contribution in [0.2, 0.25) is 0 Å². The molecule has 21 heavy (non-hydrogen) atoms. The number of carbonyl (C=O) groups is 1. The minimum atomic E-state index is -0.0192. The second-order valence-corrected chi connectivity index (χ2v) is 6.01. The van der Waals surface area contributed by atoms with Gasteiger partial charge < -0.3 is 5.32 Å². The van der Waals surface area contributed by atoms with Crippen molar-refractivity contribution in [3.63, 3.8) is 0 Å². The molecule has 1 aromatic heterocycles. The lowest BCUT2D eigenvalue weighted by Crippen LogP contribution is -2.26. The van der Waals surface area contributed by atoms with Crippen LogP contribution in [0.4, 0.5) is 0 Å². The molecule has 0 aliphatic heterocycles. The van der Waals surface area contributed by atoms with Crippen LogP contribution in [-0.2, 0) is 6.42 Å². The van der Waals surface area contributed by atoms with E-state index in [4.69, 9.17) is 0 Å². The molecule has 0 saturated heterocycles. The summed E-state index contributed by atoms with van der Waals surface area (Å²) in [6.45, 7) is 2.55. The van der Waals surface area contributed by atoms with Gasteiger partial charge >= 0.3 is 0 Å². The molecule has 106 valence electrons. The Hall–Kier alpha value is -2.20. The number of thiazole rings is 1. The molecular weight excluding hydrogens is 280 g/mol. The van der Waals surface area contributed by atoms with Crippen molar-refractivity contribution in [3.8, 4) is 0 Å². The molecule has 0 aliphatic carbocycles. The third-order valence-corrected chi connectivity index (χ3v) is 4.45. The summed E-state index contributed by atoms with van der Waals surface area (Å²) in [5.41, 5.74) is 2.76. The van der Waals surface area contributed by atoms with Gasteiger partial charge in [0.1, 0.15) is 0 Å². The molecular formula is C17H16N2OS. The number of rotatable bonds is 4. The molecule has 0 bridgehead atoms. The lowest BCUT2D eigenvalue weighted by atomic mass is 10.1. The van der Waals surface area contributed by atoms with Gasteiger partial charge in [0.15, 0.2) is 0 Å². The number of amides is 1. The summed E-state index contributed by atoms with van der Waals surface area (Å²) in [5.74, 6) is -0.0192. The zero-order valence-corrected chi connectivity index (χ0v) is 12.6. The molecule has 4 heteroatoms. The molecule has 1 N–H and O–H groups in total. The van der Waals surface area contributed by atoms with E-state index < -0.39 is 0 Å². The SMILES string of the molecule is Cc1ccccc1C(=O)NCCc1nc2ccccc2s1. The monoisotopic (exact) mass is 296 g/mol. The Morgan fingerprint density at radius 1 is 1.14 bits per heavy atom. The van der Waals surface area contributed by atoms with Crippen LogP contribution in [0.15, 0.2) is 48.5 Å². The van der Waals surface area contributed by atoms with Crippen LogP contribution in [-0.4, -0.2) is 17.4 Å². The second-order valence-electron chi connectivity index (χ2n) is 4.90. The van der Waals surface area contributed by atoms with Crippen molar-refractivity contribution in [1.29, 1.82) is 0 Å². The first-order valence-electron chi connectivity index (χ1n) is 6.92. The number of hydrogen-bond acceptors (Lipinski definition) is 3. The summed E-state index contributed by atoms with van der Waals surface area (Å²) >= 11 is 1.69. The minimum Gasteiger partial charge on any atom is -0.352 e. The smallest absolute Gasteiger partial charge is 0.251 e. The third-order valence-electron chi connectivity index (χ3n) is 3.35. The molecule has 0 aliphatic rings. The molecule has 0 spiro atoms. The number of fused-ring (bicyclic) bond motifs is 1. The van der Waals surface area contributed by atoms with Crippen LogP contribution in [0.25, 0.3) is 10.2 Å². The minimum absolute atomic E-state index is 0.0192. The van der Waals surface area contributed by atoms with E-state index in [1.165, 1.54) is 4.70 Å². The van der Waals surface area contributed by atoms with E-state index in [-0.39, 0.29) is 5.91 Å². The summed E-state index contributed by atoms with van der Waals surface area (Å²) in [5, 5.41) is 4.02. The van der Waals surface area contributed by atoms with E-state index in [9.17, 15) is 4.79 Å². The predicted molar refractivity (Wildman–Crippen MR) is 86.8 cm³/mol. The van der Waals surface area contributed by atoms with Gasteiger partial charge in [0.2, 0.25) is 0 Å². The van der Waals surface area contributed by atoms with Crippen LogP contribution in [0, 0.1) is 6.92 Å². The normalized spacial score (nSPS) is 10.7. The first kappa shape index (κ1) is 13.8. The average molecular weight is 296 g/mol. The number of aromatic nitrogens is 1. The fourth-order valence-electron chi connectivity index (χ4n) is 2.23. The lowest BCUT2D eigenvalue weighted by Gasteiger charge is -2.06. The fourth-order valence-corrected chi connectivity index (χ4v) is 3.20. The molecule has 3 aromatic rings. The van der Waals surface area contributed by atoms with Gasteiger partial charge in [-0.05, 0) is 30.7 Å². The zero-order chi connectivity index (χ0) is 14.7. The van der Waals surface area contributed by atoms with Crippen molar-refractivity contribution in [3.05, 3.63) is 64.7 Å². The quantitative estimate of drug-likeness (QED) is 0.799. The van der Waals surface area contributed by atoms with Crippen molar-refractivity contribution < 1.29 is 4.79 Å². The molecule has 1 amide bonds. The standard InChI is InChI=1S/C17H16N2OS/c1-12-6-2-3-7-13(12)17(20)18-11-10-16-19-14-8-4-5-9-15(14)21-16/h2-9H,10-11H2,1H3,(H,18,20). The maximum atomic E-state index is 12.1. The van der Waals surface area contributed by atoms with Crippen LogP contribution in [0.1, 0.15) is 20.9 Å². The van der Waals surface area contributed by atoms with E-state index in [1.54, 1.807) is 11.3 Å². The molecule has 2 aromatic carbocycles. The summed E-state index contributed by atoms with van der Waals surface area (Å²) in [4.78, 5) is 16.7. The molecule has 0 unspecified atom stereocenters. The molecule has 0 atom stereocenters. The molecule has 1 heterocycles. The number of carbonyl (C=O) groups excluding carboxylic acids is 1. The van der Waals surface area contributed by atoms with E-state index in [0.29, 0.717) is 6.54 Å². The highest BCUT2D eigenvalue weighted by Crippen LogP contribution is 2.21. The first-order chi connectivity index (χ1) is 10.2. The van der Waals surface area contributed by atoms with Crippen molar-refractivity contribution in [1.82, 2.24) is 10.3 Å². The van der Waals surface area contributed by atoms with E-state index in [1.807, 2.05) is 49.4 Å². The second kappa shape index (κ2) is 6.06. The molecule has 0 radical (unpaired) electrons. The van der Waals surface area contributed by atoms with E-state index in [0.717, 1.165) is 28.1 Å². The van der Waals surface area contributed by atoms with Gasteiger partial charge in [0.05, 0.1) is 15.2 Å². The van der Waals surface area contributed by atoms with Crippen LogP contribution in [0.5, 0.6) is 0 Å². The number of benzene rings is 2. The van der Waals surface area contributed by atoms with Gasteiger partial charge in [-0.15, -0.1) is 11.3 Å². The third kappa shape index (κ3) is 3.11. The summed E-state index contributed by atoms with van der Waals surface area (Å²) < 4.78 is 1.19. The Labute approximate surface area is 127 Å². The summed E-state index contributed by atoms with van der Waals surface area (Å²) in [7, 11) is 0. The highest BCUT2D eigenvalue weighted by atomic mass is 32.1. The van der Waals surface area contributed by atoms with E-state index in [2.05, 4.69) is 16.4 Å². The van der Waals surface area contributed by atoms with Gasteiger partial charge in [-0.3, -0.25) is 4.79 Å². The highest BCUT2D eigenvalue weighted by Gasteiger charge is 2.08. The number of aryl methyl sites for hydroxylation is 1. The Morgan fingerprint density at radius 3 is 2.71 bits per heavy atom. The highest BCUT2D eigenvalue weighted by molar-refractivity contribution is 7.18. The first-order valence-corrected chi connectivity index (χ1v) is 7.74. The Bertz CT molecular complexity index is 746. The zero-order valence-electron chi connectivity index (χ0n) is 11.8. The predicted octanol–water partition coefficient (Wildman–Crippen LogP) is 3.58. The molecule has 0 fully saturated rings. The van der Waals surface area contributed by atoms with Gasteiger partial charge in [0.25, 0.3) is 5.91 Å². The van der Waals surface area contributed by atoms with Crippen molar-refractivity contribution >= 4 is 27.5 Å². The van der Waals surface area contributed by atoms with Crippen LogP contribution >= 0.6 is 11.3 Å². The Kier molecular flexibility index (Phi) is 3.97.